The van der Waals surface area contributed by atoms with Crippen molar-refractivity contribution < 1.29 is 9.16 Å². The fourth-order valence-electron chi connectivity index (χ4n) is 3.14. The van der Waals surface area contributed by atoms with Gasteiger partial charge in [-0.2, -0.15) is 0 Å². The van der Waals surface area contributed by atoms with Crippen molar-refractivity contribution in [3.05, 3.63) is 71.3 Å². The minimum atomic E-state index is -1.70. The second-order valence-corrected chi connectivity index (χ2v) is 12.8. The van der Waals surface area contributed by atoms with Gasteiger partial charge >= 0.3 is 0 Å². The van der Waals surface area contributed by atoms with E-state index in [1.807, 2.05) is 0 Å². The molecule has 0 aliphatic rings. The molecule has 2 rings (SSSR count). The van der Waals surface area contributed by atoms with E-state index < -0.39 is 8.32 Å². The van der Waals surface area contributed by atoms with E-state index in [9.17, 15) is 0 Å². The smallest absolute Gasteiger partial charge is 0.187 e. The van der Waals surface area contributed by atoms with Gasteiger partial charge in [0, 0.05) is 6.42 Å². The molecule has 0 aromatic heterocycles. The van der Waals surface area contributed by atoms with Crippen molar-refractivity contribution in [3.8, 4) is 0 Å². The maximum Gasteiger partial charge on any atom is 0.187 e. The molecule has 142 valence electrons. The topological polar surface area (TPSA) is 18.5 Å². The van der Waals surface area contributed by atoms with Gasteiger partial charge in [0.2, 0.25) is 0 Å². The molecule has 0 heterocycles. The molecule has 0 amide bonds. The summed E-state index contributed by atoms with van der Waals surface area (Å²) in [7, 11) is -1.70. The predicted molar refractivity (Wildman–Crippen MR) is 113 cm³/mol. The molecule has 2 nitrogen and oxygen atoms in total. The lowest BCUT2D eigenvalue weighted by molar-refractivity contribution is -0.142. The molecule has 0 aliphatic heterocycles. The molecular formula is C23H34O2Si. The molecule has 0 saturated heterocycles. The van der Waals surface area contributed by atoms with Crippen LogP contribution in [-0.2, 0) is 15.6 Å². The first-order valence-electron chi connectivity index (χ1n) is 9.69. The zero-order chi connectivity index (χ0) is 19.2. The monoisotopic (exact) mass is 370 g/mol. The summed E-state index contributed by atoms with van der Waals surface area (Å²) in [5, 5.41) is 0. The second kappa shape index (κ2) is 9.49. The maximum atomic E-state index is 6.59. The largest absolute Gasteiger partial charge is 0.393 e. The first-order valence-corrected chi connectivity index (χ1v) is 13.1. The van der Waals surface area contributed by atoms with E-state index in [-0.39, 0.29) is 12.4 Å². The van der Waals surface area contributed by atoms with E-state index in [4.69, 9.17) is 9.16 Å². The molecule has 0 aliphatic carbocycles. The molecule has 2 aromatic rings. The van der Waals surface area contributed by atoms with Crippen molar-refractivity contribution in [3.63, 3.8) is 0 Å². The Hall–Kier alpha value is -1.42. The van der Waals surface area contributed by atoms with Crippen LogP contribution in [0, 0.1) is 12.8 Å². The highest BCUT2D eigenvalue weighted by atomic mass is 28.4. The average molecular weight is 371 g/mol. The highest BCUT2D eigenvalue weighted by molar-refractivity contribution is 6.69. The minimum absolute atomic E-state index is 0.0494. The number of aryl methyl sites for hydroxylation is 2. The Balaban J connectivity index is 2.16. The van der Waals surface area contributed by atoms with Crippen LogP contribution < -0.4 is 0 Å². The van der Waals surface area contributed by atoms with Gasteiger partial charge < -0.3 is 9.16 Å². The first kappa shape index (κ1) is 20.9. The lowest BCUT2D eigenvalue weighted by Crippen LogP contribution is -2.35. The third-order valence-electron chi connectivity index (χ3n) is 4.40. The van der Waals surface area contributed by atoms with E-state index in [2.05, 4.69) is 95.0 Å². The van der Waals surface area contributed by atoms with Gasteiger partial charge in [0.15, 0.2) is 8.32 Å². The van der Waals surface area contributed by atoms with Crippen LogP contribution in [0.3, 0.4) is 0 Å². The fraction of sp³-hybridized carbons (Fsp3) is 0.478. The Morgan fingerprint density at radius 3 is 2.08 bits per heavy atom. The highest BCUT2D eigenvalue weighted by Gasteiger charge is 2.27. The SMILES string of the molecule is Cc1ccccc1[C@H](OC(CCc1ccccc1)O[Si](C)(C)C)C(C)C. The van der Waals surface area contributed by atoms with Crippen LogP contribution in [0.15, 0.2) is 54.6 Å². The maximum absolute atomic E-state index is 6.59. The van der Waals surface area contributed by atoms with E-state index >= 15 is 0 Å². The molecule has 0 N–H and O–H groups in total. The van der Waals surface area contributed by atoms with E-state index in [0.717, 1.165) is 12.8 Å². The molecule has 0 fully saturated rings. The van der Waals surface area contributed by atoms with Crippen LogP contribution in [0.25, 0.3) is 0 Å². The second-order valence-electron chi connectivity index (χ2n) is 8.34. The zero-order valence-corrected chi connectivity index (χ0v) is 18.2. The van der Waals surface area contributed by atoms with Crippen molar-refractivity contribution in [2.45, 2.75) is 65.6 Å². The fourth-order valence-corrected chi connectivity index (χ4v) is 4.10. The molecule has 26 heavy (non-hydrogen) atoms. The molecule has 0 saturated carbocycles. The Bertz CT molecular complexity index is 661. The molecule has 1 unspecified atom stereocenters. The summed E-state index contributed by atoms with van der Waals surface area (Å²) in [6.07, 6.45) is 1.72. The van der Waals surface area contributed by atoms with Crippen LogP contribution in [-0.4, -0.2) is 14.6 Å². The van der Waals surface area contributed by atoms with Crippen molar-refractivity contribution in [1.82, 2.24) is 0 Å². The van der Waals surface area contributed by atoms with Gasteiger partial charge in [-0.15, -0.1) is 0 Å². The summed E-state index contributed by atoms with van der Waals surface area (Å²) in [6.45, 7) is 13.3. The number of ether oxygens (including phenoxy) is 1. The average Bonchev–Trinajstić information content (AvgIpc) is 2.57. The van der Waals surface area contributed by atoms with E-state index in [1.54, 1.807) is 0 Å². The van der Waals surface area contributed by atoms with Gasteiger partial charge in [-0.05, 0) is 55.6 Å². The van der Waals surface area contributed by atoms with Gasteiger partial charge in [0.1, 0.15) is 6.29 Å². The minimum Gasteiger partial charge on any atom is -0.393 e. The lowest BCUT2D eigenvalue weighted by atomic mass is 9.95. The van der Waals surface area contributed by atoms with Crippen molar-refractivity contribution in [1.29, 1.82) is 0 Å². The molecule has 0 spiro atoms. The number of hydrogen-bond donors (Lipinski definition) is 0. The lowest BCUT2D eigenvalue weighted by Gasteiger charge is -2.32. The Kier molecular flexibility index (Phi) is 7.63. The highest BCUT2D eigenvalue weighted by Crippen LogP contribution is 2.31. The standard InChI is InChI=1S/C23H34O2Si/c1-18(2)23(21-15-11-10-12-19(21)3)24-22(25-26(4,5)6)17-16-20-13-8-7-9-14-20/h7-15,18,22-23H,16-17H2,1-6H3/t22?,23-/m1/s1. The van der Waals surface area contributed by atoms with Crippen molar-refractivity contribution >= 4 is 8.32 Å². The summed E-state index contributed by atoms with van der Waals surface area (Å²) in [4.78, 5) is 0. The van der Waals surface area contributed by atoms with Crippen LogP contribution in [0.5, 0.6) is 0 Å². The normalized spacial score (nSPS) is 14.4. The van der Waals surface area contributed by atoms with Crippen LogP contribution in [0.1, 0.15) is 43.1 Å². The van der Waals surface area contributed by atoms with Crippen molar-refractivity contribution in [2.24, 2.45) is 5.92 Å². The Labute approximate surface area is 160 Å². The Morgan fingerprint density at radius 1 is 0.885 bits per heavy atom. The number of benzene rings is 2. The molecule has 2 aromatic carbocycles. The number of hydrogen-bond acceptors (Lipinski definition) is 2. The first-order chi connectivity index (χ1) is 12.3. The molecule has 2 atom stereocenters. The molecular weight excluding hydrogens is 336 g/mol. The van der Waals surface area contributed by atoms with Gasteiger partial charge in [0.25, 0.3) is 0 Å². The molecule has 0 radical (unpaired) electrons. The van der Waals surface area contributed by atoms with Gasteiger partial charge in [0.05, 0.1) is 6.10 Å². The van der Waals surface area contributed by atoms with E-state index in [0.29, 0.717) is 5.92 Å². The van der Waals surface area contributed by atoms with Gasteiger partial charge in [-0.25, -0.2) is 0 Å². The molecule has 3 heteroatoms. The third kappa shape index (κ3) is 6.71. The predicted octanol–water partition coefficient (Wildman–Crippen LogP) is 6.52. The van der Waals surface area contributed by atoms with Gasteiger partial charge in [-0.1, -0.05) is 68.4 Å². The summed E-state index contributed by atoms with van der Waals surface area (Å²) in [5.41, 5.74) is 3.88. The number of rotatable bonds is 9. The quantitative estimate of drug-likeness (QED) is 0.369. The summed E-state index contributed by atoms with van der Waals surface area (Å²) in [6, 6.07) is 19.1. The van der Waals surface area contributed by atoms with Crippen LogP contribution in [0.4, 0.5) is 0 Å². The summed E-state index contributed by atoms with van der Waals surface area (Å²) >= 11 is 0. The van der Waals surface area contributed by atoms with Crippen LogP contribution >= 0.6 is 0 Å². The third-order valence-corrected chi connectivity index (χ3v) is 5.37. The van der Waals surface area contributed by atoms with Crippen molar-refractivity contribution in [2.75, 3.05) is 0 Å². The zero-order valence-electron chi connectivity index (χ0n) is 17.2. The molecule has 0 bridgehead atoms. The summed E-state index contributed by atoms with van der Waals surface area (Å²) < 4.78 is 13.0. The van der Waals surface area contributed by atoms with Gasteiger partial charge in [-0.3, -0.25) is 0 Å². The van der Waals surface area contributed by atoms with E-state index in [1.165, 1.54) is 16.7 Å². The van der Waals surface area contributed by atoms with Crippen LogP contribution in [0.2, 0.25) is 19.6 Å². The Morgan fingerprint density at radius 2 is 1.50 bits per heavy atom. The summed E-state index contributed by atoms with van der Waals surface area (Å²) in [5.74, 6) is 0.389.